The summed E-state index contributed by atoms with van der Waals surface area (Å²) in [7, 11) is 0. The fourth-order valence-electron chi connectivity index (χ4n) is 1.26. The van der Waals surface area contributed by atoms with Gasteiger partial charge in [0.25, 0.3) is 0 Å². The number of rotatable bonds is 4. The van der Waals surface area contributed by atoms with Gasteiger partial charge in [-0.2, -0.15) is 0 Å². The molecule has 0 spiro atoms. The molecular formula is C13H23N. The molecule has 0 aromatic heterocycles. The molecule has 2 N–H and O–H groups in total. The van der Waals surface area contributed by atoms with Crippen molar-refractivity contribution in [3.05, 3.63) is 29.8 Å². The van der Waals surface area contributed by atoms with Gasteiger partial charge in [-0.15, -0.1) is 0 Å². The number of benzene rings is 1. The molecular weight excluding hydrogens is 170 g/mol. The SMILES string of the molecule is CC.CCCCCc1ccc(N)cc1. The van der Waals surface area contributed by atoms with E-state index in [1.54, 1.807) is 0 Å². The lowest BCUT2D eigenvalue weighted by Gasteiger charge is -2.00. The summed E-state index contributed by atoms with van der Waals surface area (Å²) in [6, 6.07) is 8.18. The van der Waals surface area contributed by atoms with Gasteiger partial charge in [-0.25, -0.2) is 0 Å². The molecule has 0 heterocycles. The van der Waals surface area contributed by atoms with Crippen LogP contribution in [0.15, 0.2) is 24.3 Å². The van der Waals surface area contributed by atoms with E-state index >= 15 is 0 Å². The predicted molar refractivity (Wildman–Crippen MR) is 65.4 cm³/mol. The first-order valence-electron chi connectivity index (χ1n) is 5.67. The Hall–Kier alpha value is -0.980. The minimum absolute atomic E-state index is 0.856. The third-order valence-corrected chi connectivity index (χ3v) is 2.05. The Morgan fingerprint density at radius 2 is 1.57 bits per heavy atom. The van der Waals surface area contributed by atoms with Gasteiger partial charge in [0, 0.05) is 5.69 Å². The summed E-state index contributed by atoms with van der Waals surface area (Å²) in [6.45, 7) is 6.23. The first kappa shape index (κ1) is 13.0. The summed E-state index contributed by atoms with van der Waals surface area (Å²) in [5, 5.41) is 0. The van der Waals surface area contributed by atoms with E-state index < -0.39 is 0 Å². The highest BCUT2D eigenvalue weighted by molar-refractivity contribution is 5.39. The van der Waals surface area contributed by atoms with Crippen LogP contribution in [-0.2, 0) is 6.42 Å². The second kappa shape index (κ2) is 8.61. The summed E-state index contributed by atoms with van der Waals surface area (Å²) < 4.78 is 0. The van der Waals surface area contributed by atoms with E-state index in [-0.39, 0.29) is 0 Å². The van der Waals surface area contributed by atoms with Crippen molar-refractivity contribution in [3.8, 4) is 0 Å². The first-order chi connectivity index (χ1) is 6.83. The van der Waals surface area contributed by atoms with Crippen molar-refractivity contribution in [1.29, 1.82) is 0 Å². The highest BCUT2D eigenvalue weighted by Crippen LogP contribution is 2.09. The zero-order valence-electron chi connectivity index (χ0n) is 9.72. The minimum atomic E-state index is 0.856. The number of hydrogen-bond donors (Lipinski definition) is 1. The normalized spacial score (nSPS) is 9.07. The molecule has 0 atom stereocenters. The number of unbranched alkanes of at least 4 members (excludes halogenated alkanes) is 2. The Bertz CT molecular complexity index is 213. The number of anilines is 1. The molecule has 0 aliphatic heterocycles. The summed E-state index contributed by atoms with van der Waals surface area (Å²) in [5.74, 6) is 0. The molecule has 80 valence electrons. The molecule has 1 heteroatoms. The van der Waals surface area contributed by atoms with Gasteiger partial charge in [-0.1, -0.05) is 45.7 Å². The van der Waals surface area contributed by atoms with Gasteiger partial charge in [0.05, 0.1) is 0 Å². The fourth-order valence-corrected chi connectivity index (χ4v) is 1.26. The quantitative estimate of drug-likeness (QED) is 0.567. The van der Waals surface area contributed by atoms with Crippen molar-refractivity contribution < 1.29 is 0 Å². The van der Waals surface area contributed by atoms with E-state index in [2.05, 4.69) is 19.1 Å². The van der Waals surface area contributed by atoms with Crippen molar-refractivity contribution >= 4 is 5.69 Å². The van der Waals surface area contributed by atoms with Crippen LogP contribution < -0.4 is 5.73 Å². The lowest BCUT2D eigenvalue weighted by atomic mass is 10.1. The number of aryl methyl sites for hydroxylation is 1. The van der Waals surface area contributed by atoms with Gasteiger partial charge in [0.1, 0.15) is 0 Å². The number of hydrogen-bond acceptors (Lipinski definition) is 1. The molecule has 1 aromatic carbocycles. The monoisotopic (exact) mass is 193 g/mol. The van der Waals surface area contributed by atoms with Crippen molar-refractivity contribution in [2.75, 3.05) is 5.73 Å². The molecule has 0 bridgehead atoms. The lowest BCUT2D eigenvalue weighted by molar-refractivity contribution is 0.717. The molecule has 14 heavy (non-hydrogen) atoms. The standard InChI is InChI=1S/C11H17N.C2H6/c1-2-3-4-5-10-6-8-11(12)9-7-10;1-2/h6-9H,2-5,12H2,1H3;1-2H3. The van der Waals surface area contributed by atoms with Gasteiger partial charge in [-0.05, 0) is 30.5 Å². The highest BCUT2D eigenvalue weighted by atomic mass is 14.5. The van der Waals surface area contributed by atoms with Crippen molar-refractivity contribution in [1.82, 2.24) is 0 Å². The van der Waals surface area contributed by atoms with Crippen LogP contribution in [0.4, 0.5) is 5.69 Å². The maximum Gasteiger partial charge on any atom is 0.0314 e. The van der Waals surface area contributed by atoms with Crippen LogP contribution in [0.3, 0.4) is 0 Å². The van der Waals surface area contributed by atoms with Gasteiger partial charge < -0.3 is 5.73 Å². The van der Waals surface area contributed by atoms with E-state index in [9.17, 15) is 0 Å². The van der Waals surface area contributed by atoms with Gasteiger partial charge >= 0.3 is 0 Å². The maximum absolute atomic E-state index is 5.58. The minimum Gasteiger partial charge on any atom is -0.399 e. The third-order valence-electron chi connectivity index (χ3n) is 2.05. The Morgan fingerprint density at radius 3 is 2.07 bits per heavy atom. The van der Waals surface area contributed by atoms with E-state index in [0.717, 1.165) is 5.69 Å². The molecule has 0 saturated heterocycles. The van der Waals surface area contributed by atoms with Gasteiger partial charge in [0.2, 0.25) is 0 Å². The number of nitrogens with two attached hydrogens (primary N) is 1. The van der Waals surface area contributed by atoms with Crippen LogP contribution in [0.2, 0.25) is 0 Å². The zero-order valence-corrected chi connectivity index (χ0v) is 9.72. The molecule has 0 radical (unpaired) electrons. The molecule has 1 aromatic rings. The lowest BCUT2D eigenvalue weighted by Crippen LogP contribution is -1.87. The smallest absolute Gasteiger partial charge is 0.0314 e. The first-order valence-corrected chi connectivity index (χ1v) is 5.67. The number of nitrogen functional groups attached to an aromatic ring is 1. The zero-order chi connectivity index (χ0) is 10.8. The van der Waals surface area contributed by atoms with Gasteiger partial charge in [-0.3, -0.25) is 0 Å². The molecule has 0 aliphatic carbocycles. The molecule has 0 amide bonds. The van der Waals surface area contributed by atoms with Crippen molar-refractivity contribution in [3.63, 3.8) is 0 Å². The van der Waals surface area contributed by atoms with Crippen molar-refractivity contribution in [2.45, 2.75) is 46.5 Å². The maximum atomic E-state index is 5.58. The molecule has 1 nitrogen and oxygen atoms in total. The fraction of sp³-hybridized carbons (Fsp3) is 0.538. The van der Waals surface area contributed by atoms with E-state index in [4.69, 9.17) is 5.73 Å². The Morgan fingerprint density at radius 1 is 1.00 bits per heavy atom. The molecule has 1 rings (SSSR count). The van der Waals surface area contributed by atoms with Gasteiger partial charge in [0.15, 0.2) is 0 Å². The largest absolute Gasteiger partial charge is 0.399 e. The van der Waals surface area contributed by atoms with Crippen LogP contribution in [0, 0.1) is 0 Å². The summed E-state index contributed by atoms with van der Waals surface area (Å²) in [6.07, 6.45) is 5.09. The summed E-state index contributed by atoms with van der Waals surface area (Å²) in [4.78, 5) is 0. The average molecular weight is 193 g/mol. The Balaban J connectivity index is 0.000000791. The van der Waals surface area contributed by atoms with E-state index in [0.29, 0.717) is 0 Å². The molecule has 0 unspecified atom stereocenters. The van der Waals surface area contributed by atoms with Crippen LogP contribution in [0.25, 0.3) is 0 Å². The Kier molecular flexibility index (Phi) is 8.01. The Labute approximate surface area is 88.3 Å². The van der Waals surface area contributed by atoms with E-state index in [1.807, 2.05) is 26.0 Å². The average Bonchev–Trinajstić information content (AvgIpc) is 2.24. The van der Waals surface area contributed by atoms with E-state index in [1.165, 1.54) is 31.2 Å². The van der Waals surface area contributed by atoms with Crippen LogP contribution in [-0.4, -0.2) is 0 Å². The van der Waals surface area contributed by atoms with Crippen molar-refractivity contribution in [2.24, 2.45) is 0 Å². The second-order valence-corrected chi connectivity index (χ2v) is 3.20. The molecule has 0 saturated carbocycles. The molecule has 0 fully saturated rings. The predicted octanol–water partition coefficient (Wildman–Crippen LogP) is 4.03. The summed E-state index contributed by atoms with van der Waals surface area (Å²) in [5.41, 5.74) is 7.84. The summed E-state index contributed by atoms with van der Waals surface area (Å²) >= 11 is 0. The topological polar surface area (TPSA) is 26.0 Å². The van der Waals surface area contributed by atoms with Crippen LogP contribution >= 0.6 is 0 Å². The second-order valence-electron chi connectivity index (χ2n) is 3.20. The van der Waals surface area contributed by atoms with Crippen LogP contribution in [0.1, 0.15) is 45.6 Å². The molecule has 0 aliphatic rings. The van der Waals surface area contributed by atoms with Crippen LogP contribution in [0.5, 0.6) is 0 Å². The third kappa shape index (κ3) is 5.63. The highest BCUT2D eigenvalue weighted by Gasteiger charge is 1.91.